The van der Waals surface area contributed by atoms with E-state index < -0.39 is 30.6 Å². The molecule has 1 aromatic heterocycles. The number of alkyl halides is 1. The van der Waals surface area contributed by atoms with Crippen molar-refractivity contribution in [2.45, 2.75) is 51.0 Å². The number of carbonyl (C=O) groups is 2. The van der Waals surface area contributed by atoms with Gasteiger partial charge in [0.15, 0.2) is 11.5 Å². The van der Waals surface area contributed by atoms with Crippen molar-refractivity contribution in [3.63, 3.8) is 0 Å². The van der Waals surface area contributed by atoms with Gasteiger partial charge in [-0.1, -0.05) is 17.4 Å². The van der Waals surface area contributed by atoms with Crippen LogP contribution in [0.15, 0.2) is 30.1 Å². The molecule has 1 amide bonds. The molecule has 4 heterocycles. The first kappa shape index (κ1) is 26.2. The Morgan fingerprint density at radius 1 is 1.28 bits per heavy atom. The van der Waals surface area contributed by atoms with Crippen molar-refractivity contribution in [2.75, 3.05) is 52.7 Å². The van der Waals surface area contributed by atoms with E-state index in [1.54, 1.807) is 6.92 Å². The Morgan fingerprint density at radius 2 is 2.06 bits per heavy atom. The number of halogens is 1. The Bertz CT molecular complexity index is 951. The maximum Gasteiger partial charge on any atom is 0.414 e. The van der Waals surface area contributed by atoms with Crippen molar-refractivity contribution in [3.05, 3.63) is 35.8 Å². The second kappa shape index (κ2) is 12.4. The molecule has 11 nitrogen and oxygen atoms in total. The number of aryl methyl sites for hydroxylation is 1. The third-order valence-corrected chi connectivity index (χ3v) is 6.59. The van der Waals surface area contributed by atoms with Crippen molar-refractivity contribution in [3.8, 4) is 0 Å². The molecule has 0 radical (unpaired) electrons. The number of hydrogen-bond donors (Lipinski definition) is 0. The minimum Gasteiger partial charge on any atom is -0.461 e. The molecule has 36 heavy (non-hydrogen) atoms. The number of carbonyl (C=O) groups excluding carboxylic acids is 2. The number of allylic oxidation sites excluding steroid dienone is 2. The minimum atomic E-state index is -0.673. The van der Waals surface area contributed by atoms with Gasteiger partial charge >= 0.3 is 12.1 Å². The summed E-state index contributed by atoms with van der Waals surface area (Å²) < 4.78 is 36.7. The number of esters is 1. The van der Waals surface area contributed by atoms with Crippen LogP contribution in [0.4, 0.5) is 9.18 Å². The van der Waals surface area contributed by atoms with E-state index in [9.17, 15) is 14.0 Å². The molecule has 0 aromatic carbocycles. The summed E-state index contributed by atoms with van der Waals surface area (Å²) in [7, 11) is 0. The first-order valence-corrected chi connectivity index (χ1v) is 12.5. The lowest BCUT2D eigenvalue weighted by Gasteiger charge is -2.37. The van der Waals surface area contributed by atoms with Gasteiger partial charge in [0.1, 0.15) is 12.8 Å². The van der Waals surface area contributed by atoms with E-state index in [-0.39, 0.29) is 12.3 Å². The molecule has 1 aromatic rings. The highest BCUT2D eigenvalue weighted by atomic mass is 19.1. The van der Waals surface area contributed by atoms with E-state index in [0.717, 1.165) is 32.5 Å². The topological polar surface area (TPSA) is 108 Å². The fourth-order valence-electron chi connectivity index (χ4n) is 4.64. The van der Waals surface area contributed by atoms with E-state index >= 15 is 0 Å². The maximum atomic E-state index is 13.2. The van der Waals surface area contributed by atoms with E-state index in [1.807, 2.05) is 12.2 Å². The molecule has 3 fully saturated rings. The number of likely N-dealkylation sites (tertiary alicyclic amines) is 1. The number of hydrogen-bond acceptors (Lipinski definition) is 9. The molecule has 12 heteroatoms. The number of rotatable bonds is 11. The Labute approximate surface area is 209 Å². The molecule has 198 valence electrons. The standard InChI is InChI=1S/C24H34FN5O6/c1-2-33-22(31)21-17-26-27-30(21)12-7-20-18-29(23(32)36-20)19(6-10-25)5-3-4-11-28-13-8-24(9-14-28)34-15-16-35-24/h3-4,6,17,20H,2,5,7-16,18H2,1H3/b4-3-,19-6+. The van der Waals surface area contributed by atoms with Crippen LogP contribution < -0.4 is 0 Å². The number of amides is 1. The molecule has 3 aliphatic rings. The molecule has 1 atom stereocenters. The van der Waals surface area contributed by atoms with E-state index in [1.165, 1.54) is 21.9 Å². The lowest BCUT2D eigenvalue weighted by atomic mass is 10.0. The smallest absolute Gasteiger partial charge is 0.414 e. The Balaban J connectivity index is 1.24. The van der Waals surface area contributed by atoms with Gasteiger partial charge in [0.05, 0.1) is 32.6 Å². The van der Waals surface area contributed by atoms with Gasteiger partial charge in [-0.05, 0) is 13.0 Å². The summed E-state index contributed by atoms with van der Waals surface area (Å²) in [4.78, 5) is 28.3. The molecule has 0 saturated carbocycles. The summed E-state index contributed by atoms with van der Waals surface area (Å²) >= 11 is 0. The summed E-state index contributed by atoms with van der Waals surface area (Å²) in [5, 5.41) is 7.68. The van der Waals surface area contributed by atoms with Gasteiger partial charge in [0.2, 0.25) is 0 Å². The van der Waals surface area contributed by atoms with Crippen LogP contribution in [0.5, 0.6) is 0 Å². The number of piperidine rings is 1. The second-order valence-corrected chi connectivity index (χ2v) is 8.90. The van der Waals surface area contributed by atoms with Crippen molar-refractivity contribution < 1.29 is 32.9 Å². The summed E-state index contributed by atoms with van der Waals surface area (Å²) in [6.07, 6.45) is 8.39. The van der Waals surface area contributed by atoms with Gasteiger partial charge in [-0.25, -0.2) is 18.7 Å². The summed E-state index contributed by atoms with van der Waals surface area (Å²) in [5.41, 5.74) is 0.813. The van der Waals surface area contributed by atoms with Gasteiger partial charge in [0.25, 0.3) is 0 Å². The third-order valence-electron chi connectivity index (χ3n) is 6.59. The molecule has 4 rings (SSSR count). The van der Waals surface area contributed by atoms with Gasteiger partial charge in [0, 0.05) is 57.6 Å². The molecule has 0 bridgehead atoms. The molecule has 0 aliphatic carbocycles. The van der Waals surface area contributed by atoms with Crippen molar-refractivity contribution in [2.24, 2.45) is 0 Å². The highest BCUT2D eigenvalue weighted by molar-refractivity contribution is 5.87. The van der Waals surface area contributed by atoms with Crippen LogP contribution in [0, 0.1) is 0 Å². The highest BCUT2D eigenvalue weighted by Gasteiger charge is 2.39. The normalized spacial score (nSPS) is 22.6. The maximum absolute atomic E-state index is 13.2. The van der Waals surface area contributed by atoms with Crippen LogP contribution in [0.1, 0.15) is 43.1 Å². The van der Waals surface area contributed by atoms with Crippen LogP contribution >= 0.6 is 0 Å². The average Bonchev–Trinajstić information content (AvgIpc) is 3.61. The molecule has 3 aliphatic heterocycles. The zero-order chi connectivity index (χ0) is 25.4. The van der Waals surface area contributed by atoms with Gasteiger partial charge in [-0.15, -0.1) is 5.10 Å². The van der Waals surface area contributed by atoms with Gasteiger partial charge in [-0.2, -0.15) is 0 Å². The van der Waals surface area contributed by atoms with Crippen molar-refractivity contribution in [1.29, 1.82) is 0 Å². The monoisotopic (exact) mass is 507 g/mol. The first-order valence-electron chi connectivity index (χ1n) is 12.5. The Morgan fingerprint density at radius 3 is 2.78 bits per heavy atom. The van der Waals surface area contributed by atoms with Gasteiger partial charge in [-0.3, -0.25) is 9.80 Å². The van der Waals surface area contributed by atoms with Crippen LogP contribution in [-0.2, 0) is 25.5 Å². The van der Waals surface area contributed by atoms with Crippen molar-refractivity contribution in [1.82, 2.24) is 24.8 Å². The fourth-order valence-corrected chi connectivity index (χ4v) is 4.64. The molecular formula is C24H34FN5O6. The predicted octanol–water partition coefficient (Wildman–Crippen LogP) is 2.30. The van der Waals surface area contributed by atoms with E-state index in [0.29, 0.717) is 44.8 Å². The Hall–Kier alpha value is -2.83. The summed E-state index contributed by atoms with van der Waals surface area (Å²) in [6, 6.07) is 0. The molecule has 1 spiro atoms. The van der Waals surface area contributed by atoms with E-state index in [2.05, 4.69) is 15.2 Å². The van der Waals surface area contributed by atoms with Gasteiger partial charge < -0.3 is 18.9 Å². The summed E-state index contributed by atoms with van der Waals surface area (Å²) in [5.74, 6) is -0.894. The lowest BCUT2D eigenvalue weighted by molar-refractivity contribution is -0.184. The first-order chi connectivity index (χ1) is 17.5. The predicted molar refractivity (Wildman–Crippen MR) is 126 cm³/mol. The molecule has 1 unspecified atom stereocenters. The SMILES string of the molecule is CCOC(=O)c1cnnn1CCC1CN(/C(=C/CF)C/C=C\CN2CCC3(CC2)OCCO3)C(=O)O1. The van der Waals surface area contributed by atoms with Crippen LogP contribution in [-0.4, -0.2) is 101 Å². The lowest BCUT2D eigenvalue weighted by Crippen LogP contribution is -2.45. The van der Waals surface area contributed by atoms with Crippen LogP contribution in [0.25, 0.3) is 0 Å². The molecule has 0 N–H and O–H groups in total. The Kier molecular flexibility index (Phi) is 9.05. The third kappa shape index (κ3) is 6.48. The second-order valence-electron chi connectivity index (χ2n) is 8.90. The number of ether oxygens (including phenoxy) is 4. The summed E-state index contributed by atoms with van der Waals surface area (Å²) in [6.45, 7) is 5.81. The van der Waals surface area contributed by atoms with Crippen LogP contribution in [0.3, 0.4) is 0 Å². The van der Waals surface area contributed by atoms with E-state index in [4.69, 9.17) is 18.9 Å². The number of cyclic esters (lactones) is 1. The largest absolute Gasteiger partial charge is 0.461 e. The van der Waals surface area contributed by atoms with Crippen LogP contribution in [0.2, 0.25) is 0 Å². The number of nitrogens with zero attached hydrogens (tertiary/aromatic N) is 5. The zero-order valence-electron chi connectivity index (χ0n) is 20.6. The molecular weight excluding hydrogens is 473 g/mol. The number of aromatic nitrogens is 3. The highest BCUT2D eigenvalue weighted by Crippen LogP contribution is 2.31. The minimum absolute atomic E-state index is 0.244. The quantitative estimate of drug-likeness (QED) is 0.329. The molecule has 3 saturated heterocycles. The average molecular weight is 508 g/mol. The van der Waals surface area contributed by atoms with Crippen molar-refractivity contribution >= 4 is 12.1 Å². The zero-order valence-corrected chi connectivity index (χ0v) is 20.6. The fraction of sp³-hybridized carbons (Fsp3) is 0.667.